The molecule has 1 aromatic heterocycles. The van der Waals surface area contributed by atoms with E-state index in [1.165, 1.54) is 16.8 Å². The summed E-state index contributed by atoms with van der Waals surface area (Å²) in [7, 11) is -1.99. The fourth-order valence-corrected chi connectivity index (χ4v) is 3.08. The number of nitrogens with zero attached hydrogens (tertiary/aromatic N) is 1. The first-order valence-electron chi connectivity index (χ1n) is 6.24. The standard InChI is InChI=1S/C14H18N2O3S/c1-11(15)13-4-3-5-14(8-13)20(17,18)16(2)9-12-6-7-19-10-12/h3-8,10-11H,9,15H2,1-2H3. The smallest absolute Gasteiger partial charge is 0.243 e. The van der Waals surface area contributed by atoms with Crippen LogP contribution < -0.4 is 5.73 Å². The van der Waals surface area contributed by atoms with Gasteiger partial charge >= 0.3 is 0 Å². The van der Waals surface area contributed by atoms with Crippen LogP contribution in [-0.4, -0.2) is 19.8 Å². The van der Waals surface area contributed by atoms with E-state index >= 15 is 0 Å². The molecule has 1 aromatic carbocycles. The molecule has 2 N–H and O–H groups in total. The van der Waals surface area contributed by atoms with E-state index in [2.05, 4.69) is 0 Å². The molecule has 20 heavy (non-hydrogen) atoms. The van der Waals surface area contributed by atoms with Crippen LogP contribution in [0.1, 0.15) is 24.1 Å². The first kappa shape index (κ1) is 14.8. The molecule has 0 aliphatic rings. The Hall–Kier alpha value is -1.63. The molecule has 1 atom stereocenters. The lowest BCUT2D eigenvalue weighted by Gasteiger charge is -2.17. The van der Waals surface area contributed by atoms with Crippen molar-refractivity contribution in [1.29, 1.82) is 0 Å². The summed E-state index contributed by atoms with van der Waals surface area (Å²) < 4.78 is 31.2. The Labute approximate surface area is 119 Å². The number of nitrogens with two attached hydrogens (primary N) is 1. The van der Waals surface area contributed by atoms with E-state index < -0.39 is 10.0 Å². The van der Waals surface area contributed by atoms with Crippen LogP contribution in [0, 0.1) is 0 Å². The minimum atomic E-state index is -3.53. The van der Waals surface area contributed by atoms with Gasteiger partial charge in [-0.1, -0.05) is 12.1 Å². The van der Waals surface area contributed by atoms with Crippen molar-refractivity contribution in [1.82, 2.24) is 4.31 Å². The average Bonchev–Trinajstić information content (AvgIpc) is 2.91. The number of rotatable bonds is 5. The lowest BCUT2D eigenvalue weighted by molar-refractivity contribution is 0.463. The molecule has 0 aliphatic carbocycles. The Morgan fingerprint density at radius 3 is 2.70 bits per heavy atom. The molecule has 1 heterocycles. The molecule has 1 unspecified atom stereocenters. The van der Waals surface area contributed by atoms with Crippen LogP contribution in [0.4, 0.5) is 0 Å². The molecular weight excluding hydrogens is 276 g/mol. The van der Waals surface area contributed by atoms with Crippen LogP contribution in [0.2, 0.25) is 0 Å². The van der Waals surface area contributed by atoms with Crippen molar-refractivity contribution in [3.8, 4) is 0 Å². The molecule has 0 spiro atoms. The molecule has 0 radical (unpaired) electrons. The van der Waals surface area contributed by atoms with Crippen LogP contribution in [0.3, 0.4) is 0 Å². The third-order valence-electron chi connectivity index (χ3n) is 3.08. The maximum absolute atomic E-state index is 12.5. The highest BCUT2D eigenvalue weighted by Gasteiger charge is 2.21. The largest absolute Gasteiger partial charge is 0.472 e. The van der Waals surface area contributed by atoms with Crippen molar-refractivity contribution in [3.63, 3.8) is 0 Å². The summed E-state index contributed by atoms with van der Waals surface area (Å²) in [6.45, 7) is 2.09. The Bertz CT molecular complexity index is 663. The minimum Gasteiger partial charge on any atom is -0.472 e. The molecule has 0 amide bonds. The van der Waals surface area contributed by atoms with Crippen molar-refractivity contribution in [2.45, 2.75) is 24.4 Å². The Balaban J connectivity index is 2.27. The average molecular weight is 294 g/mol. The zero-order chi connectivity index (χ0) is 14.8. The van der Waals surface area contributed by atoms with Gasteiger partial charge in [-0.05, 0) is 30.7 Å². The van der Waals surface area contributed by atoms with Gasteiger partial charge in [-0.3, -0.25) is 0 Å². The molecule has 2 aromatic rings. The number of furan rings is 1. The zero-order valence-electron chi connectivity index (χ0n) is 11.5. The summed E-state index contributed by atoms with van der Waals surface area (Å²) in [6, 6.07) is 8.25. The zero-order valence-corrected chi connectivity index (χ0v) is 12.3. The fourth-order valence-electron chi connectivity index (χ4n) is 1.86. The topological polar surface area (TPSA) is 76.5 Å². The predicted molar refractivity (Wildman–Crippen MR) is 76.4 cm³/mol. The van der Waals surface area contributed by atoms with Crippen LogP contribution >= 0.6 is 0 Å². The van der Waals surface area contributed by atoms with Gasteiger partial charge in [-0.2, -0.15) is 4.31 Å². The van der Waals surface area contributed by atoms with Gasteiger partial charge in [0.15, 0.2) is 0 Å². The van der Waals surface area contributed by atoms with E-state index in [-0.39, 0.29) is 17.5 Å². The summed E-state index contributed by atoms with van der Waals surface area (Å²) in [6.07, 6.45) is 3.05. The van der Waals surface area contributed by atoms with E-state index in [1.54, 1.807) is 31.3 Å². The molecule has 0 fully saturated rings. The Morgan fingerprint density at radius 2 is 2.10 bits per heavy atom. The first-order chi connectivity index (χ1) is 9.41. The minimum absolute atomic E-state index is 0.204. The van der Waals surface area contributed by atoms with E-state index in [0.717, 1.165) is 11.1 Å². The van der Waals surface area contributed by atoms with Gasteiger partial charge in [0.25, 0.3) is 0 Å². The highest BCUT2D eigenvalue weighted by molar-refractivity contribution is 7.89. The van der Waals surface area contributed by atoms with Gasteiger partial charge in [0.05, 0.1) is 17.4 Å². The fraction of sp³-hybridized carbons (Fsp3) is 0.286. The van der Waals surface area contributed by atoms with Crippen LogP contribution in [0.25, 0.3) is 0 Å². The second-order valence-electron chi connectivity index (χ2n) is 4.75. The number of sulfonamides is 1. The highest BCUT2D eigenvalue weighted by atomic mass is 32.2. The van der Waals surface area contributed by atoms with Gasteiger partial charge in [-0.25, -0.2) is 8.42 Å². The summed E-state index contributed by atoms with van der Waals surface area (Å²) in [4.78, 5) is 0.248. The van der Waals surface area contributed by atoms with Gasteiger partial charge in [0.2, 0.25) is 10.0 Å². The van der Waals surface area contributed by atoms with Crippen molar-refractivity contribution in [3.05, 3.63) is 54.0 Å². The molecule has 0 aliphatic heterocycles. The maximum atomic E-state index is 12.5. The van der Waals surface area contributed by atoms with Crippen LogP contribution in [-0.2, 0) is 16.6 Å². The van der Waals surface area contributed by atoms with Crippen LogP contribution in [0.5, 0.6) is 0 Å². The van der Waals surface area contributed by atoms with E-state index in [1.807, 2.05) is 13.0 Å². The number of hydrogen-bond donors (Lipinski definition) is 1. The maximum Gasteiger partial charge on any atom is 0.243 e. The molecular formula is C14H18N2O3S. The number of benzene rings is 1. The molecule has 108 valence electrons. The van der Waals surface area contributed by atoms with Gasteiger partial charge in [-0.15, -0.1) is 0 Å². The lowest BCUT2D eigenvalue weighted by Crippen LogP contribution is -2.26. The molecule has 2 rings (SSSR count). The molecule has 0 saturated heterocycles. The molecule has 0 bridgehead atoms. The third kappa shape index (κ3) is 3.09. The molecule has 0 saturated carbocycles. The van der Waals surface area contributed by atoms with Crippen molar-refractivity contribution in [2.75, 3.05) is 7.05 Å². The van der Waals surface area contributed by atoms with E-state index in [4.69, 9.17) is 10.2 Å². The van der Waals surface area contributed by atoms with Crippen molar-refractivity contribution < 1.29 is 12.8 Å². The van der Waals surface area contributed by atoms with Gasteiger partial charge < -0.3 is 10.2 Å². The second kappa shape index (κ2) is 5.78. The summed E-state index contributed by atoms with van der Waals surface area (Å²) in [5.74, 6) is 0. The van der Waals surface area contributed by atoms with Gasteiger partial charge in [0, 0.05) is 25.2 Å². The monoisotopic (exact) mass is 294 g/mol. The summed E-state index contributed by atoms with van der Waals surface area (Å²) in [5.41, 5.74) is 7.39. The summed E-state index contributed by atoms with van der Waals surface area (Å²) >= 11 is 0. The quantitative estimate of drug-likeness (QED) is 0.916. The van der Waals surface area contributed by atoms with E-state index in [0.29, 0.717) is 0 Å². The Morgan fingerprint density at radius 1 is 1.35 bits per heavy atom. The van der Waals surface area contributed by atoms with E-state index in [9.17, 15) is 8.42 Å². The SMILES string of the molecule is CC(N)c1cccc(S(=O)(=O)N(C)Cc2ccoc2)c1. The molecule has 6 heteroatoms. The Kier molecular flexibility index (Phi) is 4.27. The summed E-state index contributed by atoms with van der Waals surface area (Å²) in [5, 5.41) is 0. The highest BCUT2D eigenvalue weighted by Crippen LogP contribution is 2.20. The predicted octanol–water partition coefficient (Wildman–Crippen LogP) is 2.12. The molecule has 5 nitrogen and oxygen atoms in total. The number of hydrogen-bond acceptors (Lipinski definition) is 4. The van der Waals surface area contributed by atoms with Crippen molar-refractivity contribution >= 4 is 10.0 Å². The second-order valence-corrected chi connectivity index (χ2v) is 6.80. The normalized spacial score (nSPS) is 13.6. The van der Waals surface area contributed by atoms with Gasteiger partial charge in [0.1, 0.15) is 0 Å². The van der Waals surface area contributed by atoms with Crippen LogP contribution in [0.15, 0.2) is 52.2 Å². The van der Waals surface area contributed by atoms with Crippen molar-refractivity contribution in [2.24, 2.45) is 5.73 Å². The third-order valence-corrected chi connectivity index (χ3v) is 4.88. The first-order valence-corrected chi connectivity index (χ1v) is 7.68. The lowest BCUT2D eigenvalue weighted by atomic mass is 10.1.